The molecule has 1 fully saturated rings. The number of hydrogen-bond acceptors (Lipinski definition) is 4. The molecule has 21 heavy (non-hydrogen) atoms. The largest absolute Gasteiger partial charge is 0.246 e. The van der Waals surface area contributed by atoms with Crippen LogP contribution in [0.4, 0.5) is 4.39 Å². The summed E-state index contributed by atoms with van der Waals surface area (Å²) in [5, 5.41) is 0. The van der Waals surface area contributed by atoms with Gasteiger partial charge in [0.15, 0.2) is 9.84 Å². The Kier molecular flexibility index (Phi) is 3.92. The predicted molar refractivity (Wildman–Crippen MR) is 76.7 cm³/mol. The second-order valence-corrected chi connectivity index (χ2v) is 10.0. The molecule has 0 unspecified atom stereocenters. The summed E-state index contributed by atoms with van der Waals surface area (Å²) in [5.41, 5.74) is -0.169. The van der Waals surface area contributed by atoms with Gasteiger partial charge in [-0.2, -0.15) is 4.31 Å². The monoisotopic (exact) mass is 335 g/mol. The highest BCUT2D eigenvalue weighted by atomic mass is 32.2. The van der Waals surface area contributed by atoms with E-state index in [2.05, 4.69) is 0 Å². The van der Waals surface area contributed by atoms with Crippen LogP contribution >= 0.6 is 0 Å². The summed E-state index contributed by atoms with van der Waals surface area (Å²) < 4.78 is 63.2. The maximum atomic E-state index is 13.9. The molecule has 1 aromatic rings. The second kappa shape index (κ2) is 5.03. The van der Waals surface area contributed by atoms with E-state index in [1.807, 2.05) is 13.8 Å². The minimum absolute atomic E-state index is 0.169. The number of nitrogens with zero attached hydrogens (tertiary/aromatic N) is 1. The number of hydrogen-bond donors (Lipinski definition) is 0. The van der Waals surface area contributed by atoms with Gasteiger partial charge < -0.3 is 0 Å². The molecule has 118 valence electrons. The average Bonchev–Trinajstić information content (AvgIpc) is 2.69. The molecule has 0 N–H and O–H groups in total. The number of sulfonamides is 1. The van der Waals surface area contributed by atoms with E-state index >= 15 is 0 Å². The van der Waals surface area contributed by atoms with Gasteiger partial charge in [-0.1, -0.05) is 13.8 Å². The lowest BCUT2D eigenvalue weighted by atomic mass is 9.93. The van der Waals surface area contributed by atoms with Crippen LogP contribution in [0.15, 0.2) is 28.0 Å². The minimum Gasteiger partial charge on any atom is -0.224 e. The van der Waals surface area contributed by atoms with Gasteiger partial charge in [-0.15, -0.1) is 0 Å². The van der Waals surface area contributed by atoms with Gasteiger partial charge in [0.25, 0.3) is 0 Å². The third-order valence-corrected chi connectivity index (χ3v) is 6.56. The van der Waals surface area contributed by atoms with Crippen molar-refractivity contribution in [2.45, 2.75) is 30.1 Å². The predicted octanol–water partition coefficient (Wildman–Crippen LogP) is 1.65. The molecule has 0 bridgehead atoms. The lowest BCUT2D eigenvalue weighted by Crippen LogP contribution is -2.31. The Morgan fingerprint density at radius 3 is 2.29 bits per heavy atom. The summed E-state index contributed by atoms with van der Waals surface area (Å²) in [6.07, 6.45) is 1.63. The number of rotatable bonds is 3. The first-order chi connectivity index (χ1) is 9.43. The third kappa shape index (κ3) is 3.27. The van der Waals surface area contributed by atoms with Crippen molar-refractivity contribution in [3.05, 3.63) is 24.0 Å². The van der Waals surface area contributed by atoms with E-state index < -0.39 is 30.6 Å². The third-order valence-electron chi connectivity index (χ3n) is 3.59. The van der Waals surface area contributed by atoms with Gasteiger partial charge in [0.05, 0.1) is 4.90 Å². The summed E-state index contributed by atoms with van der Waals surface area (Å²) in [4.78, 5) is -0.788. The average molecular weight is 335 g/mol. The first-order valence-corrected chi connectivity index (χ1v) is 9.76. The van der Waals surface area contributed by atoms with Crippen molar-refractivity contribution in [2.24, 2.45) is 5.41 Å². The van der Waals surface area contributed by atoms with E-state index in [0.717, 1.165) is 24.5 Å². The van der Waals surface area contributed by atoms with Gasteiger partial charge in [-0.05, 0) is 30.0 Å². The molecule has 0 spiro atoms. The van der Waals surface area contributed by atoms with Crippen molar-refractivity contribution in [3.63, 3.8) is 0 Å². The first-order valence-electron chi connectivity index (χ1n) is 6.43. The molecule has 5 nitrogen and oxygen atoms in total. The number of benzene rings is 1. The zero-order valence-electron chi connectivity index (χ0n) is 12.1. The van der Waals surface area contributed by atoms with Crippen LogP contribution in [0, 0.1) is 11.2 Å². The summed E-state index contributed by atoms with van der Waals surface area (Å²) >= 11 is 0. The molecule has 1 aromatic carbocycles. The first kappa shape index (κ1) is 16.4. The summed E-state index contributed by atoms with van der Waals surface area (Å²) in [6, 6.07) is 2.84. The van der Waals surface area contributed by atoms with E-state index in [-0.39, 0.29) is 16.9 Å². The van der Waals surface area contributed by atoms with E-state index in [4.69, 9.17) is 0 Å². The quantitative estimate of drug-likeness (QED) is 0.788. The zero-order chi connectivity index (χ0) is 16.1. The molecule has 0 radical (unpaired) electrons. The fourth-order valence-electron chi connectivity index (χ4n) is 2.32. The Morgan fingerprint density at radius 1 is 1.19 bits per heavy atom. The van der Waals surface area contributed by atoms with Gasteiger partial charge in [0, 0.05) is 19.3 Å². The van der Waals surface area contributed by atoms with E-state index in [1.54, 1.807) is 0 Å². The van der Waals surface area contributed by atoms with E-state index in [1.165, 1.54) is 4.31 Å². The maximum absolute atomic E-state index is 13.9. The molecule has 8 heteroatoms. The Morgan fingerprint density at radius 2 is 1.81 bits per heavy atom. The molecule has 1 aliphatic rings. The van der Waals surface area contributed by atoms with Crippen LogP contribution in [0.2, 0.25) is 0 Å². The van der Waals surface area contributed by atoms with Crippen molar-refractivity contribution in [1.29, 1.82) is 0 Å². The van der Waals surface area contributed by atoms with Crippen LogP contribution < -0.4 is 0 Å². The fourth-order valence-corrected chi connectivity index (χ4v) is 4.76. The highest BCUT2D eigenvalue weighted by molar-refractivity contribution is 7.91. The molecule has 0 saturated carbocycles. The Balaban J connectivity index is 2.51. The van der Waals surface area contributed by atoms with Crippen molar-refractivity contribution >= 4 is 19.9 Å². The van der Waals surface area contributed by atoms with Crippen molar-refractivity contribution in [1.82, 2.24) is 4.31 Å². The summed E-state index contributed by atoms with van der Waals surface area (Å²) in [5.74, 6) is -0.938. The number of sulfone groups is 1. The molecule has 1 saturated heterocycles. The smallest absolute Gasteiger partial charge is 0.224 e. The van der Waals surface area contributed by atoms with Crippen LogP contribution in [0.3, 0.4) is 0 Å². The van der Waals surface area contributed by atoms with Crippen molar-refractivity contribution < 1.29 is 21.2 Å². The molecule has 1 heterocycles. The topological polar surface area (TPSA) is 71.5 Å². The van der Waals surface area contributed by atoms with Crippen LogP contribution in [0.25, 0.3) is 0 Å². The van der Waals surface area contributed by atoms with Crippen LogP contribution in [-0.2, 0) is 19.9 Å². The Hall–Kier alpha value is -0.990. The van der Waals surface area contributed by atoms with Gasteiger partial charge in [0.1, 0.15) is 10.7 Å². The van der Waals surface area contributed by atoms with Crippen molar-refractivity contribution in [3.8, 4) is 0 Å². The Bertz CT molecular complexity index is 769. The van der Waals surface area contributed by atoms with Crippen molar-refractivity contribution in [2.75, 3.05) is 19.3 Å². The van der Waals surface area contributed by atoms with Gasteiger partial charge >= 0.3 is 0 Å². The van der Waals surface area contributed by atoms with Gasteiger partial charge in [0.2, 0.25) is 10.0 Å². The minimum atomic E-state index is -4.03. The highest BCUT2D eigenvalue weighted by Crippen LogP contribution is 2.33. The van der Waals surface area contributed by atoms with Gasteiger partial charge in [-0.3, -0.25) is 0 Å². The molecule has 0 amide bonds. The van der Waals surface area contributed by atoms with Gasteiger partial charge in [-0.25, -0.2) is 21.2 Å². The summed E-state index contributed by atoms with van der Waals surface area (Å²) in [7, 11) is -7.63. The zero-order valence-corrected chi connectivity index (χ0v) is 13.8. The molecule has 0 aromatic heterocycles. The molecule has 0 atom stereocenters. The van der Waals surface area contributed by atoms with E-state index in [0.29, 0.717) is 13.0 Å². The van der Waals surface area contributed by atoms with E-state index in [9.17, 15) is 21.2 Å². The second-order valence-electron chi connectivity index (χ2n) is 6.12. The molecule has 0 aliphatic carbocycles. The lowest BCUT2D eigenvalue weighted by Gasteiger charge is -2.20. The SMILES string of the molecule is CC1(C)CCN(S(=O)(=O)c2cc(S(C)(=O)=O)ccc2F)C1. The number of halogens is 1. The highest BCUT2D eigenvalue weighted by Gasteiger charge is 2.38. The molecule has 2 rings (SSSR count). The fraction of sp³-hybridized carbons (Fsp3) is 0.538. The maximum Gasteiger partial charge on any atom is 0.246 e. The van der Waals surface area contributed by atoms with Crippen LogP contribution in [-0.4, -0.2) is 40.5 Å². The standard InChI is InChI=1S/C13H18FNO4S2/c1-13(2)6-7-15(9-13)21(18,19)12-8-10(20(3,16)17)4-5-11(12)14/h4-5,8H,6-7,9H2,1-3H3. The summed E-state index contributed by atoms with van der Waals surface area (Å²) in [6.45, 7) is 4.47. The normalized spacial score (nSPS) is 19.8. The molecule has 1 aliphatic heterocycles. The Labute approximate surface area is 124 Å². The molecular formula is C13H18FNO4S2. The van der Waals surface area contributed by atoms with Crippen LogP contribution in [0.1, 0.15) is 20.3 Å². The lowest BCUT2D eigenvalue weighted by molar-refractivity contribution is 0.374. The molecular weight excluding hydrogens is 317 g/mol. The van der Waals surface area contributed by atoms with Crippen LogP contribution in [0.5, 0.6) is 0 Å².